The molecule has 2 heterocycles. The van der Waals surface area contributed by atoms with Gasteiger partial charge < -0.3 is 4.90 Å². The van der Waals surface area contributed by atoms with Crippen molar-refractivity contribution < 1.29 is 9.59 Å². The number of benzene rings is 1. The van der Waals surface area contributed by atoms with Crippen LogP contribution in [0.4, 0.5) is 0 Å². The smallest absolute Gasteiger partial charge is 0.277 e. The molecule has 0 spiro atoms. The number of piperidine rings is 1. The van der Waals surface area contributed by atoms with E-state index in [-0.39, 0.29) is 11.8 Å². The van der Waals surface area contributed by atoms with E-state index in [2.05, 4.69) is 25.7 Å². The van der Waals surface area contributed by atoms with E-state index >= 15 is 0 Å². The van der Waals surface area contributed by atoms with E-state index in [1.165, 1.54) is 37.0 Å². The van der Waals surface area contributed by atoms with Crippen LogP contribution in [0, 0.1) is 11.8 Å². The lowest BCUT2D eigenvalue weighted by Gasteiger charge is -2.37. The number of hydrogen-bond acceptors (Lipinski definition) is 3. The second kappa shape index (κ2) is 10.1. The monoisotopic (exact) mass is 396 g/mol. The number of likely N-dealkylation sites (tertiary alicyclic amines) is 1. The fourth-order valence-corrected chi connectivity index (χ4v) is 4.82. The number of nitrogens with zero attached hydrogens (tertiary/aromatic N) is 2. The molecule has 29 heavy (non-hydrogen) atoms. The largest absolute Gasteiger partial charge is 0.366 e. The van der Waals surface area contributed by atoms with E-state index in [4.69, 9.17) is 0 Å². The average Bonchev–Trinajstić information content (AvgIpc) is 2.95. The van der Waals surface area contributed by atoms with Crippen LogP contribution < -0.4 is 0 Å². The van der Waals surface area contributed by atoms with Gasteiger partial charge in [-0.15, -0.1) is 0 Å². The van der Waals surface area contributed by atoms with Crippen LogP contribution >= 0.6 is 0 Å². The molecule has 0 radical (unpaired) electrons. The van der Waals surface area contributed by atoms with Crippen LogP contribution in [-0.2, 0) is 9.59 Å². The minimum Gasteiger partial charge on any atom is -0.366 e. The summed E-state index contributed by atoms with van der Waals surface area (Å²) in [5, 5.41) is 0. The number of amides is 2. The van der Waals surface area contributed by atoms with Crippen LogP contribution in [0.25, 0.3) is 5.57 Å². The lowest BCUT2D eigenvalue weighted by Crippen LogP contribution is -2.42. The molecule has 0 saturated carbocycles. The predicted molar refractivity (Wildman–Crippen MR) is 118 cm³/mol. The third-order valence-electron chi connectivity index (χ3n) is 6.13. The summed E-state index contributed by atoms with van der Waals surface area (Å²) in [6, 6.07) is 9.73. The average molecular weight is 397 g/mol. The van der Waals surface area contributed by atoms with E-state index in [1.807, 2.05) is 30.3 Å². The molecule has 3 rings (SSSR count). The van der Waals surface area contributed by atoms with Crippen molar-refractivity contribution >= 4 is 17.4 Å². The van der Waals surface area contributed by atoms with Crippen LogP contribution in [-0.4, -0.2) is 41.2 Å². The van der Waals surface area contributed by atoms with Gasteiger partial charge in [0, 0.05) is 19.6 Å². The first-order valence-electron chi connectivity index (χ1n) is 11.4. The highest BCUT2D eigenvalue weighted by Gasteiger charge is 2.42. The maximum Gasteiger partial charge on any atom is 0.277 e. The van der Waals surface area contributed by atoms with Gasteiger partial charge in [-0.1, -0.05) is 83.2 Å². The highest BCUT2D eigenvalue weighted by molar-refractivity contribution is 6.35. The number of carbonyl (C=O) groups excluding carboxylic acids is 2. The third kappa shape index (κ3) is 5.09. The maximum atomic E-state index is 13.4. The van der Waals surface area contributed by atoms with Crippen molar-refractivity contribution in [3.05, 3.63) is 41.6 Å². The minimum atomic E-state index is -0.115. The van der Waals surface area contributed by atoms with Gasteiger partial charge in [0.2, 0.25) is 0 Å². The zero-order valence-electron chi connectivity index (χ0n) is 18.3. The maximum absolute atomic E-state index is 13.4. The molecule has 2 aliphatic heterocycles. The van der Waals surface area contributed by atoms with Gasteiger partial charge in [0.05, 0.1) is 5.57 Å². The highest BCUT2D eigenvalue weighted by atomic mass is 16.2. The molecule has 4 nitrogen and oxygen atoms in total. The Morgan fingerprint density at radius 2 is 1.48 bits per heavy atom. The number of hydrogen-bond donors (Lipinski definition) is 0. The minimum absolute atomic E-state index is 0.0938. The molecule has 0 N–H and O–H groups in total. The topological polar surface area (TPSA) is 40.6 Å². The van der Waals surface area contributed by atoms with E-state index in [9.17, 15) is 9.59 Å². The Bertz CT molecular complexity index is 730. The normalized spacial score (nSPS) is 22.7. The first-order valence-corrected chi connectivity index (χ1v) is 11.4. The SMILES string of the molecule is CCCCCCCCN1C(=O)C(c2ccccc2)=C(N2CC(C)CC(C)C2)C1=O. The summed E-state index contributed by atoms with van der Waals surface area (Å²) in [6.45, 7) is 8.91. The molecule has 1 aromatic carbocycles. The lowest BCUT2D eigenvalue weighted by molar-refractivity contribution is -0.137. The van der Waals surface area contributed by atoms with Gasteiger partial charge in [-0.05, 0) is 30.2 Å². The van der Waals surface area contributed by atoms with E-state index in [0.29, 0.717) is 29.7 Å². The second-order valence-corrected chi connectivity index (χ2v) is 8.97. The van der Waals surface area contributed by atoms with Crippen LogP contribution in [0.15, 0.2) is 36.0 Å². The van der Waals surface area contributed by atoms with Gasteiger partial charge in [0.15, 0.2) is 0 Å². The van der Waals surface area contributed by atoms with Crippen LogP contribution in [0.2, 0.25) is 0 Å². The number of unbranched alkanes of at least 4 members (excludes halogenated alkanes) is 5. The predicted octanol–water partition coefficient (Wildman–Crippen LogP) is 5.10. The Morgan fingerprint density at radius 1 is 0.862 bits per heavy atom. The molecule has 0 aliphatic carbocycles. The molecule has 1 aromatic rings. The van der Waals surface area contributed by atoms with E-state index in [1.54, 1.807) is 0 Å². The summed E-state index contributed by atoms with van der Waals surface area (Å²) in [5.74, 6) is 0.844. The lowest BCUT2D eigenvalue weighted by atomic mass is 9.91. The van der Waals surface area contributed by atoms with Gasteiger partial charge in [-0.25, -0.2) is 0 Å². The molecule has 2 aliphatic rings. The summed E-state index contributed by atoms with van der Waals surface area (Å²) < 4.78 is 0. The molecule has 0 bridgehead atoms. The van der Waals surface area contributed by atoms with Crippen molar-refractivity contribution in [1.29, 1.82) is 0 Å². The number of carbonyl (C=O) groups is 2. The van der Waals surface area contributed by atoms with E-state index < -0.39 is 0 Å². The molecule has 1 saturated heterocycles. The van der Waals surface area contributed by atoms with Gasteiger partial charge in [0.25, 0.3) is 11.8 Å². The molecule has 4 heteroatoms. The molecular weight excluding hydrogens is 360 g/mol. The first kappa shape index (κ1) is 21.6. The molecule has 2 amide bonds. The standard InChI is InChI=1S/C25H36N2O2/c1-4-5-6-7-8-12-15-27-24(28)22(21-13-10-9-11-14-21)23(25(27)29)26-17-19(2)16-20(3)18-26/h9-11,13-14,19-20H,4-8,12,15-18H2,1-3H3. The molecule has 158 valence electrons. The summed E-state index contributed by atoms with van der Waals surface area (Å²) in [7, 11) is 0. The van der Waals surface area contributed by atoms with Crippen molar-refractivity contribution in [3.63, 3.8) is 0 Å². The summed E-state index contributed by atoms with van der Waals surface area (Å²) in [4.78, 5) is 30.4. The van der Waals surface area contributed by atoms with Gasteiger partial charge in [-0.2, -0.15) is 0 Å². The Morgan fingerprint density at radius 3 is 2.14 bits per heavy atom. The zero-order chi connectivity index (χ0) is 20.8. The van der Waals surface area contributed by atoms with Crippen molar-refractivity contribution in [2.75, 3.05) is 19.6 Å². The van der Waals surface area contributed by atoms with Gasteiger partial charge in [-0.3, -0.25) is 14.5 Å². The number of imide groups is 1. The fourth-order valence-electron chi connectivity index (χ4n) is 4.82. The summed E-state index contributed by atoms with van der Waals surface area (Å²) in [6.07, 6.45) is 8.04. The van der Waals surface area contributed by atoms with Crippen molar-refractivity contribution in [2.24, 2.45) is 11.8 Å². The Hall–Kier alpha value is -2.10. The van der Waals surface area contributed by atoms with Crippen molar-refractivity contribution in [3.8, 4) is 0 Å². The molecule has 1 fully saturated rings. The van der Waals surface area contributed by atoms with Gasteiger partial charge in [0.1, 0.15) is 5.70 Å². The third-order valence-corrected chi connectivity index (χ3v) is 6.13. The van der Waals surface area contributed by atoms with Crippen LogP contribution in [0.1, 0.15) is 71.3 Å². The molecule has 0 aromatic heterocycles. The zero-order valence-corrected chi connectivity index (χ0v) is 18.3. The van der Waals surface area contributed by atoms with Crippen LogP contribution in [0.5, 0.6) is 0 Å². The summed E-state index contributed by atoms with van der Waals surface area (Å²) in [5.41, 5.74) is 2.09. The van der Waals surface area contributed by atoms with Gasteiger partial charge >= 0.3 is 0 Å². The molecular formula is C25H36N2O2. The van der Waals surface area contributed by atoms with Crippen LogP contribution in [0.3, 0.4) is 0 Å². The Balaban J connectivity index is 1.80. The Labute approximate surface area is 176 Å². The molecule has 2 atom stereocenters. The molecule has 2 unspecified atom stereocenters. The van der Waals surface area contributed by atoms with E-state index in [0.717, 1.165) is 31.5 Å². The number of rotatable bonds is 9. The first-order chi connectivity index (χ1) is 14.0. The fraction of sp³-hybridized carbons (Fsp3) is 0.600. The van der Waals surface area contributed by atoms with Crippen molar-refractivity contribution in [2.45, 2.75) is 65.7 Å². The summed E-state index contributed by atoms with van der Waals surface area (Å²) >= 11 is 0. The quantitative estimate of drug-likeness (QED) is 0.430. The highest BCUT2D eigenvalue weighted by Crippen LogP contribution is 2.35. The Kier molecular flexibility index (Phi) is 7.51. The second-order valence-electron chi connectivity index (χ2n) is 8.97. The van der Waals surface area contributed by atoms with Crippen molar-refractivity contribution in [1.82, 2.24) is 9.80 Å².